The first-order chi connectivity index (χ1) is 8.07. The van der Waals surface area contributed by atoms with E-state index in [0.717, 1.165) is 37.2 Å². The fraction of sp³-hybridized carbons (Fsp3) is 0.643. The van der Waals surface area contributed by atoms with Crippen molar-refractivity contribution >= 4 is 17.1 Å². The van der Waals surface area contributed by atoms with E-state index in [9.17, 15) is 4.79 Å². The first kappa shape index (κ1) is 12.8. The van der Waals surface area contributed by atoms with Crippen LogP contribution in [-0.2, 0) is 0 Å². The average Bonchev–Trinajstić information content (AvgIpc) is 2.76. The number of hydrogen-bond donors (Lipinski definition) is 1. The minimum atomic E-state index is -0.278. The Balaban J connectivity index is 2.21. The number of aryl methyl sites for hydroxylation is 1. The minimum absolute atomic E-state index is 0.274. The molecule has 3 heteroatoms. The third-order valence-electron chi connectivity index (χ3n) is 4.10. The second-order valence-electron chi connectivity index (χ2n) is 5.44. The van der Waals surface area contributed by atoms with Crippen LogP contribution >= 0.6 is 11.3 Å². The summed E-state index contributed by atoms with van der Waals surface area (Å²) in [6.45, 7) is 4.80. The Kier molecular flexibility index (Phi) is 3.69. The van der Waals surface area contributed by atoms with Gasteiger partial charge in [0.15, 0.2) is 5.78 Å². The molecule has 17 heavy (non-hydrogen) atoms. The normalized spacial score (nSPS) is 29.2. The Labute approximate surface area is 107 Å². The third-order valence-corrected chi connectivity index (χ3v) is 4.96. The van der Waals surface area contributed by atoms with Gasteiger partial charge in [-0.3, -0.25) is 4.79 Å². The Hall–Kier alpha value is -0.670. The van der Waals surface area contributed by atoms with Crippen molar-refractivity contribution in [2.75, 3.05) is 6.54 Å². The first-order valence-corrected chi connectivity index (χ1v) is 7.25. The summed E-state index contributed by atoms with van der Waals surface area (Å²) in [5.41, 5.74) is 6.50. The summed E-state index contributed by atoms with van der Waals surface area (Å²) in [6.07, 6.45) is 4.18. The monoisotopic (exact) mass is 251 g/mol. The molecule has 0 unspecified atom stereocenters. The highest BCUT2D eigenvalue weighted by atomic mass is 32.1. The Bertz CT molecular complexity index is 402. The molecule has 1 saturated carbocycles. The molecule has 1 aromatic rings. The Morgan fingerprint density at radius 2 is 2.18 bits per heavy atom. The topological polar surface area (TPSA) is 43.1 Å². The molecule has 1 aromatic heterocycles. The SMILES string of the molecule is Cc1cc(C(=O)C2(CN)CCC(C)CC2)cs1. The zero-order valence-corrected chi connectivity index (χ0v) is 11.5. The van der Waals surface area contributed by atoms with Crippen molar-refractivity contribution in [3.63, 3.8) is 0 Å². The minimum Gasteiger partial charge on any atom is -0.329 e. The summed E-state index contributed by atoms with van der Waals surface area (Å²) in [5.74, 6) is 1.02. The van der Waals surface area contributed by atoms with Crippen molar-refractivity contribution in [3.8, 4) is 0 Å². The van der Waals surface area contributed by atoms with Crippen molar-refractivity contribution < 1.29 is 4.79 Å². The van der Waals surface area contributed by atoms with Crippen LogP contribution in [0, 0.1) is 18.3 Å². The van der Waals surface area contributed by atoms with Gasteiger partial charge in [-0.2, -0.15) is 0 Å². The number of thiophene rings is 1. The Morgan fingerprint density at radius 3 is 2.65 bits per heavy atom. The maximum Gasteiger partial charge on any atom is 0.171 e. The lowest BCUT2D eigenvalue weighted by Crippen LogP contribution is -2.41. The van der Waals surface area contributed by atoms with Gasteiger partial charge in [0.25, 0.3) is 0 Å². The highest BCUT2D eigenvalue weighted by Gasteiger charge is 2.40. The van der Waals surface area contributed by atoms with E-state index in [1.807, 2.05) is 18.4 Å². The molecule has 2 nitrogen and oxygen atoms in total. The molecular formula is C14H21NOS. The molecule has 1 fully saturated rings. The maximum atomic E-state index is 12.6. The van der Waals surface area contributed by atoms with Crippen molar-refractivity contribution in [2.45, 2.75) is 39.5 Å². The van der Waals surface area contributed by atoms with Crippen LogP contribution in [0.3, 0.4) is 0 Å². The predicted molar refractivity (Wildman–Crippen MR) is 72.5 cm³/mol. The van der Waals surface area contributed by atoms with Gasteiger partial charge in [0.05, 0.1) is 0 Å². The van der Waals surface area contributed by atoms with E-state index in [2.05, 4.69) is 6.92 Å². The van der Waals surface area contributed by atoms with Gasteiger partial charge in [-0.25, -0.2) is 0 Å². The van der Waals surface area contributed by atoms with Crippen LogP contribution in [0.2, 0.25) is 0 Å². The molecule has 0 spiro atoms. The molecule has 94 valence electrons. The van der Waals surface area contributed by atoms with Gasteiger partial charge < -0.3 is 5.73 Å². The van der Waals surface area contributed by atoms with E-state index in [-0.39, 0.29) is 11.2 Å². The molecule has 0 aliphatic heterocycles. The second kappa shape index (κ2) is 4.91. The summed E-state index contributed by atoms with van der Waals surface area (Å²) >= 11 is 1.64. The fourth-order valence-electron chi connectivity index (χ4n) is 2.71. The molecule has 0 aromatic carbocycles. The largest absolute Gasteiger partial charge is 0.329 e. The average molecular weight is 251 g/mol. The zero-order chi connectivity index (χ0) is 12.5. The summed E-state index contributed by atoms with van der Waals surface area (Å²) in [4.78, 5) is 13.8. The maximum absolute atomic E-state index is 12.6. The highest BCUT2D eigenvalue weighted by molar-refractivity contribution is 7.10. The van der Waals surface area contributed by atoms with Gasteiger partial charge >= 0.3 is 0 Å². The predicted octanol–water partition coefficient (Wildman–Crippen LogP) is 3.39. The van der Waals surface area contributed by atoms with Crippen LogP contribution in [0.15, 0.2) is 11.4 Å². The van der Waals surface area contributed by atoms with Gasteiger partial charge in [-0.15, -0.1) is 11.3 Å². The number of rotatable bonds is 3. The fourth-order valence-corrected chi connectivity index (χ4v) is 3.39. The van der Waals surface area contributed by atoms with Gasteiger partial charge in [0, 0.05) is 27.8 Å². The summed E-state index contributed by atoms with van der Waals surface area (Å²) < 4.78 is 0. The molecule has 0 saturated heterocycles. The second-order valence-corrected chi connectivity index (χ2v) is 6.56. The van der Waals surface area contributed by atoms with E-state index in [1.165, 1.54) is 4.88 Å². The number of carbonyl (C=O) groups is 1. The molecular weight excluding hydrogens is 230 g/mol. The van der Waals surface area contributed by atoms with E-state index < -0.39 is 0 Å². The Morgan fingerprint density at radius 1 is 1.53 bits per heavy atom. The zero-order valence-electron chi connectivity index (χ0n) is 10.7. The van der Waals surface area contributed by atoms with Crippen LogP contribution in [0.4, 0.5) is 0 Å². The van der Waals surface area contributed by atoms with Crippen LogP contribution in [-0.4, -0.2) is 12.3 Å². The summed E-state index contributed by atoms with van der Waals surface area (Å²) in [7, 11) is 0. The molecule has 2 N–H and O–H groups in total. The lowest BCUT2D eigenvalue weighted by atomic mass is 9.67. The molecule has 1 aliphatic carbocycles. The van der Waals surface area contributed by atoms with Crippen LogP contribution in [0.25, 0.3) is 0 Å². The van der Waals surface area contributed by atoms with Gasteiger partial charge in [-0.1, -0.05) is 6.92 Å². The molecule has 2 rings (SSSR count). The van der Waals surface area contributed by atoms with Gasteiger partial charge in [0.2, 0.25) is 0 Å². The first-order valence-electron chi connectivity index (χ1n) is 6.37. The molecule has 0 radical (unpaired) electrons. The number of nitrogens with two attached hydrogens (primary N) is 1. The van der Waals surface area contributed by atoms with E-state index in [0.29, 0.717) is 6.54 Å². The standard InChI is InChI=1S/C14H21NOS/c1-10-3-5-14(9-15,6-4-10)13(16)12-7-11(2)17-8-12/h7-8,10H,3-6,9,15H2,1-2H3. The molecule has 0 atom stereocenters. The van der Waals surface area contributed by atoms with Crippen LogP contribution < -0.4 is 5.73 Å². The van der Waals surface area contributed by atoms with Crippen molar-refractivity contribution in [1.29, 1.82) is 0 Å². The molecule has 0 amide bonds. The number of hydrogen-bond acceptors (Lipinski definition) is 3. The molecule has 0 bridgehead atoms. The number of ketones is 1. The summed E-state index contributed by atoms with van der Waals surface area (Å²) in [6, 6.07) is 2.00. The molecule has 1 aliphatic rings. The third kappa shape index (κ3) is 2.45. The van der Waals surface area contributed by atoms with E-state index >= 15 is 0 Å². The van der Waals surface area contributed by atoms with Crippen LogP contribution in [0.1, 0.15) is 47.8 Å². The lowest BCUT2D eigenvalue weighted by Gasteiger charge is -2.37. The van der Waals surface area contributed by atoms with E-state index in [1.54, 1.807) is 11.3 Å². The van der Waals surface area contributed by atoms with Gasteiger partial charge in [-0.05, 0) is 44.6 Å². The quantitative estimate of drug-likeness (QED) is 0.837. The number of Topliss-reactive ketones (excluding diaryl/α,β-unsaturated/α-hetero) is 1. The van der Waals surface area contributed by atoms with Crippen LogP contribution in [0.5, 0.6) is 0 Å². The van der Waals surface area contributed by atoms with Crippen molar-refractivity contribution in [1.82, 2.24) is 0 Å². The van der Waals surface area contributed by atoms with E-state index in [4.69, 9.17) is 5.73 Å². The van der Waals surface area contributed by atoms with Gasteiger partial charge in [0.1, 0.15) is 0 Å². The molecule has 1 heterocycles. The highest BCUT2D eigenvalue weighted by Crippen LogP contribution is 2.41. The number of carbonyl (C=O) groups excluding carboxylic acids is 1. The lowest BCUT2D eigenvalue weighted by molar-refractivity contribution is 0.0696. The smallest absolute Gasteiger partial charge is 0.171 e. The van der Waals surface area contributed by atoms with Crippen molar-refractivity contribution in [2.24, 2.45) is 17.1 Å². The van der Waals surface area contributed by atoms with Crippen molar-refractivity contribution in [3.05, 3.63) is 21.9 Å². The summed E-state index contributed by atoms with van der Waals surface area (Å²) in [5, 5.41) is 1.98.